The molecular formula is C10H16O4. The fourth-order valence-electron chi connectivity index (χ4n) is 0.971. The molecule has 0 aromatic rings. The molecule has 1 atom stereocenters. The van der Waals surface area contributed by atoms with E-state index in [1.165, 1.54) is 7.11 Å². The Bertz CT molecular complexity index is 232. The molecule has 0 aromatic heterocycles. The Hall–Kier alpha value is -1.32. The summed E-state index contributed by atoms with van der Waals surface area (Å²) in [5, 5.41) is 0. The van der Waals surface area contributed by atoms with Crippen LogP contribution in [0.4, 0.5) is 0 Å². The van der Waals surface area contributed by atoms with Gasteiger partial charge in [0.05, 0.1) is 19.6 Å². The first kappa shape index (κ1) is 12.7. The first-order valence-corrected chi connectivity index (χ1v) is 4.45. The van der Waals surface area contributed by atoms with Crippen molar-refractivity contribution in [2.45, 2.75) is 20.3 Å². The number of carbonyl (C=O) groups excluding carboxylic acids is 2. The molecule has 80 valence electrons. The lowest BCUT2D eigenvalue weighted by molar-refractivity contribution is -0.145. The highest BCUT2D eigenvalue weighted by Gasteiger charge is 2.18. The molecule has 0 radical (unpaired) electrons. The van der Waals surface area contributed by atoms with Crippen LogP contribution in [0.5, 0.6) is 0 Å². The van der Waals surface area contributed by atoms with Gasteiger partial charge in [0.1, 0.15) is 0 Å². The Kier molecular flexibility index (Phi) is 5.60. The van der Waals surface area contributed by atoms with E-state index in [1.807, 2.05) is 0 Å². The smallest absolute Gasteiger partial charge is 0.333 e. The van der Waals surface area contributed by atoms with Crippen LogP contribution in [-0.2, 0) is 19.1 Å². The molecule has 0 rings (SSSR count). The van der Waals surface area contributed by atoms with Crippen LogP contribution in [0.25, 0.3) is 0 Å². The molecule has 0 bridgehead atoms. The minimum absolute atomic E-state index is 0.269. The third kappa shape index (κ3) is 4.07. The fourth-order valence-corrected chi connectivity index (χ4v) is 0.971. The molecule has 0 amide bonds. The molecule has 0 saturated carbocycles. The number of rotatable bonds is 5. The summed E-state index contributed by atoms with van der Waals surface area (Å²) < 4.78 is 9.25. The van der Waals surface area contributed by atoms with Gasteiger partial charge in [-0.15, -0.1) is 0 Å². The van der Waals surface area contributed by atoms with Gasteiger partial charge in [-0.1, -0.05) is 13.5 Å². The Labute approximate surface area is 83.9 Å². The van der Waals surface area contributed by atoms with Gasteiger partial charge in [0, 0.05) is 5.57 Å². The topological polar surface area (TPSA) is 52.6 Å². The van der Waals surface area contributed by atoms with Crippen molar-refractivity contribution in [3.05, 3.63) is 12.2 Å². The quantitative estimate of drug-likeness (QED) is 0.496. The number of esters is 2. The number of ether oxygens (including phenoxy) is 2. The summed E-state index contributed by atoms with van der Waals surface area (Å²) in [4.78, 5) is 22.1. The molecule has 4 nitrogen and oxygen atoms in total. The van der Waals surface area contributed by atoms with Crippen molar-refractivity contribution in [2.75, 3.05) is 13.7 Å². The van der Waals surface area contributed by atoms with Crippen LogP contribution in [0.3, 0.4) is 0 Å². The SMILES string of the molecule is C=C(CC(C)C(=O)OC)C(=O)OCC. The van der Waals surface area contributed by atoms with E-state index in [0.717, 1.165) is 0 Å². The standard InChI is InChI=1S/C10H16O4/c1-5-14-10(12)8(3)6-7(2)9(11)13-4/h7H,3,5-6H2,1-2,4H3. The number of methoxy groups -OCH3 is 1. The van der Waals surface area contributed by atoms with E-state index in [2.05, 4.69) is 11.3 Å². The first-order chi connectivity index (χ1) is 6.52. The summed E-state index contributed by atoms with van der Waals surface area (Å²) >= 11 is 0. The third-order valence-electron chi connectivity index (χ3n) is 1.72. The highest BCUT2D eigenvalue weighted by molar-refractivity contribution is 5.88. The van der Waals surface area contributed by atoms with E-state index < -0.39 is 5.97 Å². The Balaban J connectivity index is 4.05. The highest BCUT2D eigenvalue weighted by atomic mass is 16.5. The van der Waals surface area contributed by atoms with Gasteiger partial charge in [-0.05, 0) is 13.3 Å². The predicted molar refractivity (Wildman–Crippen MR) is 51.6 cm³/mol. The molecule has 14 heavy (non-hydrogen) atoms. The Morgan fingerprint density at radius 2 is 2.00 bits per heavy atom. The van der Waals surface area contributed by atoms with Gasteiger partial charge in [-0.3, -0.25) is 4.79 Å². The number of hydrogen-bond donors (Lipinski definition) is 0. The Morgan fingerprint density at radius 1 is 1.43 bits per heavy atom. The van der Waals surface area contributed by atoms with Crippen molar-refractivity contribution in [1.29, 1.82) is 0 Å². The highest BCUT2D eigenvalue weighted by Crippen LogP contribution is 2.12. The third-order valence-corrected chi connectivity index (χ3v) is 1.72. The summed E-state index contributed by atoms with van der Waals surface area (Å²) in [5.74, 6) is -1.17. The second-order valence-electron chi connectivity index (χ2n) is 2.95. The number of carbonyl (C=O) groups is 2. The van der Waals surface area contributed by atoms with Crippen LogP contribution >= 0.6 is 0 Å². The average molecular weight is 200 g/mol. The molecule has 0 heterocycles. The number of hydrogen-bond acceptors (Lipinski definition) is 4. The summed E-state index contributed by atoms with van der Waals surface area (Å²) in [6.45, 7) is 7.25. The molecule has 4 heteroatoms. The van der Waals surface area contributed by atoms with Gasteiger partial charge in [-0.25, -0.2) is 4.79 Å². The zero-order valence-electron chi connectivity index (χ0n) is 8.83. The first-order valence-electron chi connectivity index (χ1n) is 4.45. The minimum atomic E-state index is -0.455. The van der Waals surface area contributed by atoms with Crippen molar-refractivity contribution < 1.29 is 19.1 Å². The van der Waals surface area contributed by atoms with Crippen LogP contribution < -0.4 is 0 Å². The molecule has 0 aliphatic carbocycles. The molecule has 0 aliphatic rings. The summed E-state index contributed by atoms with van der Waals surface area (Å²) in [6.07, 6.45) is 0.269. The maximum Gasteiger partial charge on any atom is 0.333 e. The lowest BCUT2D eigenvalue weighted by Gasteiger charge is -2.10. The summed E-state index contributed by atoms with van der Waals surface area (Å²) in [7, 11) is 1.31. The van der Waals surface area contributed by atoms with Crippen LogP contribution in [0.2, 0.25) is 0 Å². The molecule has 0 fully saturated rings. The zero-order chi connectivity index (χ0) is 11.1. The van der Waals surface area contributed by atoms with E-state index in [1.54, 1.807) is 13.8 Å². The van der Waals surface area contributed by atoms with Gasteiger partial charge in [0.2, 0.25) is 0 Å². The van der Waals surface area contributed by atoms with Gasteiger partial charge in [-0.2, -0.15) is 0 Å². The van der Waals surface area contributed by atoms with Crippen molar-refractivity contribution in [3.8, 4) is 0 Å². The van der Waals surface area contributed by atoms with E-state index >= 15 is 0 Å². The van der Waals surface area contributed by atoms with Gasteiger partial charge >= 0.3 is 11.9 Å². The molecular weight excluding hydrogens is 184 g/mol. The van der Waals surface area contributed by atoms with E-state index in [0.29, 0.717) is 12.2 Å². The van der Waals surface area contributed by atoms with Crippen LogP contribution in [0.1, 0.15) is 20.3 Å². The van der Waals surface area contributed by atoms with Gasteiger partial charge in [0.15, 0.2) is 0 Å². The maximum atomic E-state index is 11.1. The Morgan fingerprint density at radius 3 is 2.43 bits per heavy atom. The molecule has 0 N–H and O–H groups in total. The molecule has 0 spiro atoms. The minimum Gasteiger partial charge on any atom is -0.469 e. The van der Waals surface area contributed by atoms with E-state index in [-0.39, 0.29) is 18.3 Å². The second kappa shape index (κ2) is 6.18. The lowest BCUT2D eigenvalue weighted by atomic mass is 10.0. The van der Waals surface area contributed by atoms with Gasteiger partial charge < -0.3 is 9.47 Å². The lowest BCUT2D eigenvalue weighted by Crippen LogP contribution is -2.16. The van der Waals surface area contributed by atoms with Crippen LogP contribution in [0, 0.1) is 5.92 Å². The maximum absolute atomic E-state index is 11.1. The van der Waals surface area contributed by atoms with Crippen LogP contribution in [-0.4, -0.2) is 25.7 Å². The monoisotopic (exact) mass is 200 g/mol. The average Bonchev–Trinajstić information content (AvgIpc) is 2.16. The van der Waals surface area contributed by atoms with Gasteiger partial charge in [0.25, 0.3) is 0 Å². The summed E-state index contributed by atoms with van der Waals surface area (Å²) in [6, 6.07) is 0. The molecule has 1 unspecified atom stereocenters. The summed E-state index contributed by atoms with van der Waals surface area (Å²) in [5.41, 5.74) is 0.296. The van der Waals surface area contributed by atoms with Crippen LogP contribution in [0.15, 0.2) is 12.2 Å². The van der Waals surface area contributed by atoms with Crippen molar-refractivity contribution >= 4 is 11.9 Å². The fraction of sp³-hybridized carbons (Fsp3) is 0.600. The van der Waals surface area contributed by atoms with Crippen molar-refractivity contribution in [2.24, 2.45) is 5.92 Å². The molecule has 0 aliphatic heterocycles. The molecule has 0 saturated heterocycles. The second-order valence-corrected chi connectivity index (χ2v) is 2.95. The zero-order valence-corrected chi connectivity index (χ0v) is 8.83. The van der Waals surface area contributed by atoms with Crippen molar-refractivity contribution in [1.82, 2.24) is 0 Å². The predicted octanol–water partition coefficient (Wildman–Crippen LogP) is 1.30. The van der Waals surface area contributed by atoms with Crippen molar-refractivity contribution in [3.63, 3.8) is 0 Å². The van der Waals surface area contributed by atoms with E-state index in [4.69, 9.17) is 4.74 Å². The largest absolute Gasteiger partial charge is 0.469 e. The molecule has 0 aromatic carbocycles. The normalized spacial score (nSPS) is 11.6. The van der Waals surface area contributed by atoms with E-state index in [9.17, 15) is 9.59 Å².